The van der Waals surface area contributed by atoms with Crippen molar-refractivity contribution in [1.82, 2.24) is 4.98 Å². The van der Waals surface area contributed by atoms with Crippen LogP contribution in [0.3, 0.4) is 0 Å². The van der Waals surface area contributed by atoms with E-state index in [4.69, 9.17) is 4.42 Å². The Morgan fingerprint density at radius 2 is 1.11 bits per heavy atom. The van der Waals surface area contributed by atoms with Crippen LogP contribution in [0.25, 0.3) is 44.2 Å². The first-order valence-electron chi connectivity index (χ1n) is 12.7. The number of hydrogen-bond donors (Lipinski definition) is 0. The monoisotopic (exact) mass is 488 g/mol. The molecule has 0 bridgehead atoms. The SMILES string of the molecule is c1ccc(-c2ccc(N(c3cccc(-c4ccccc4)c3)c3cncc4oc5ccccc5c34)cc2)cc1. The standard InChI is InChI=1S/C35H24N2O/c1-3-10-25(11-4-1)27-18-20-29(21-19-27)37(30-15-9-14-28(22-30)26-12-5-2-6-13-26)32-23-36-24-34-35(32)31-16-7-8-17-33(31)38-34/h1-24H. The summed E-state index contributed by atoms with van der Waals surface area (Å²) in [6, 6.07) is 46.5. The van der Waals surface area contributed by atoms with Gasteiger partial charge in [-0.3, -0.25) is 4.98 Å². The molecule has 0 N–H and O–H groups in total. The topological polar surface area (TPSA) is 29.3 Å². The van der Waals surface area contributed by atoms with Gasteiger partial charge in [0.1, 0.15) is 5.58 Å². The van der Waals surface area contributed by atoms with Crippen LogP contribution in [0.4, 0.5) is 17.1 Å². The van der Waals surface area contributed by atoms with Crippen molar-refractivity contribution in [2.45, 2.75) is 0 Å². The lowest BCUT2D eigenvalue weighted by atomic mass is 10.0. The van der Waals surface area contributed by atoms with Crippen molar-refractivity contribution in [3.63, 3.8) is 0 Å². The molecule has 2 aromatic heterocycles. The summed E-state index contributed by atoms with van der Waals surface area (Å²) in [6.07, 6.45) is 3.74. The average Bonchev–Trinajstić information content (AvgIpc) is 3.38. The van der Waals surface area contributed by atoms with Gasteiger partial charge in [0.2, 0.25) is 0 Å². The maximum Gasteiger partial charge on any atom is 0.155 e. The number of aromatic nitrogens is 1. The first kappa shape index (κ1) is 22.1. The second kappa shape index (κ2) is 9.38. The fourth-order valence-electron chi connectivity index (χ4n) is 5.15. The summed E-state index contributed by atoms with van der Waals surface area (Å²) in [5.41, 5.74) is 9.42. The molecule has 180 valence electrons. The Morgan fingerprint density at radius 1 is 0.474 bits per heavy atom. The van der Waals surface area contributed by atoms with Gasteiger partial charge < -0.3 is 9.32 Å². The molecule has 0 aliphatic heterocycles. The van der Waals surface area contributed by atoms with Gasteiger partial charge in [0.25, 0.3) is 0 Å². The molecule has 0 fully saturated rings. The highest BCUT2D eigenvalue weighted by Crippen LogP contribution is 2.43. The van der Waals surface area contributed by atoms with E-state index in [-0.39, 0.29) is 0 Å². The second-order valence-corrected chi connectivity index (χ2v) is 9.29. The normalized spacial score (nSPS) is 11.2. The van der Waals surface area contributed by atoms with E-state index in [1.54, 1.807) is 6.20 Å². The van der Waals surface area contributed by atoms with Gasteiger partial charge in [-0.1, -0.05) is 103 Å². The molecule has 3 nitrogen and oxygen atoms in total. The highest BCUT2D eigenvalue weighted by atomic mass is 16.3. The molecular weight excluding hydrogens is 464 g/mol. The predicted molar refractivity (Wildman–Crippen MR) is 157 cm³/mol. The van der Waals surface area contributed by atoms with Crippen LogP contribution in [0.2, 0.25) is 0 Å². The molecule has 0 aliphatic rings. The number of hydrogen-bond acceptors (Lipinski definition) is 3. The summed E-state index contributed by atoms with van der Waals surface area (Å²) in [4.78, 5) is 6.87. The van der Waals surface area contributed by atoms with Gasteiger partial charge in [0, 0.05) is 16.8 Å². The van der Waals surface area contributed by atoms with Crippen LogP contribution < -0.4 is 4.90 Å². The molecule has 3 heteroatoms. The zero-order valence-corrected chi connectivity index (χ0v) is 20.7. The molecule has 0 aliphatic carbocycles. The molecule has 2 heterocycles. The minimum absolute atomic E-state index is 0.772. The number of pyridine rings is 1. The van der Waals surface area contributed by atoms with Crippen molar-refractivity contribution in [1.29, 1.82) is 0 Å². The summed E-state index contributed by atoms with van der Waals surface area (Å²) in [6.45, 7) is 0. The molecule has 0 spiro atoms. The number of fused-ring (bicyclic) bond motifs is 3. The fraction of sp³-hybridized carbons (Fsp3) is 0. The maximum atomic E-state index is 6.20. The molecule has 0 radical (unpaired) electrons. The molecule has 0 atom stereocenters. The zero-order chi connectivity index (χ0) is 25.3. The van der Waals surface area contributed by atoms with Crippen LogP contribution in [0, 0.1) is 0 Å². The lowest BCUT2D eigenvalue weighted by Crippen LogP contribution is -2.10. The van der Waals surface area contributed by atoms with E-state index in [2.05, 4.69) is 119 Å². The van der Waals surface area contributed by atoms with E-state index < -0.39 is 0 Å². The highest BCUT2D eigenvalue weighted by Gasteiger charge is 2.20. The molecule has 7 aromatic rings. The van der Waals surface area contributed by atoms with Crippen molar-refractivity contribution >= 4 is 39.0 Å². The second-order valence-electron chi connectivity index (χ2n) is 9.29. The first-order chi connectivity index (χ1) is 18.8. The summed E-state index contributed by atoms with van der Waals surface area (Å²) in [5, 5.41) is 2.12. The molecule has 5 aromatic carbocycles. The van der Waals surface area contributed by atoms with Crippen molar-refractivity contribution in [3.8, 4) is 22.3 Å². The number of benzene rings is 5. The molecule has 38 heavy (non-hydrogen) atoms. The number of rotatable bonds is 5. The van der Waals surface area contributed by atoms with Gasteiger partial charge >= 0.3 is 0 Å². The highest BCUT2D eigenvalue weighted by molar-refractivity contribution is 6.12. The smallest absolute Gasteiger partial charge is 0.155 e. The van der Waals surface area contributed by atoms with Gasteiger partial charge in [-0.2, -0.15) is 0 Å². The Morgan fingerprint density at radius 3 is 1.87 bits per heavy atom. The van der Waals surface area contributed by atoms with E-state index in [1.807, 2.05) is 30.5 Å². The lowest BCUT2D eigenvalue weighted by Gasteiger charge is -2.26. The molecule has 0 amide bonds. The third kappa shape index (κ3) is 3.91. The molecule has 0 saturated carbocycles. The Kier molecular flexibility index (Phi) is 5.45. The van der Waals surface area contributed by atoms with Crippen molar-refractivity contribution in [2.24, 2.45) is 0 Å². The Hall–Kier alpha value is -5.15. The van der Waals surface area contributed by atoms with Gasteiger partial charge in [0.15, 0.2) is 5.58 Å². The maximum absolute atomic E-state index is 6.20. The fourth-order valence-corrected chi connectivity index (χ4v) is 5.15. The quantitative estimate of drug-likeness (QED) is 0.241. The van der Waals surface area contributed by atoms with E-state index >= 15 is 0 Å². The van der Waals surface area contributed by atoms with Crippen LogP contribution in [0.15, 0.2) is 150 Å². The molecule has 0 unspecified atom stereocenters. The Balaban J connectivity index is 1.44. The zero-order valence-electron chi connectivity index (χ0n) is 20.7. The van der Waals surface area contributed by atoms with Crippen LogP contribution in [0.5, 0.6) is 0 Å². The summed E-state index contributed by atoms with van der Waals surface area (Å²) in [5.74, 6) is 0. The largest absolute Gasteiger partial charge is 0.454 e. The van der Waals surface area contributed by atoms with Crippen LogP contribution >= 0.6 is 0 Å². The Labute approximate surface area is 221 Å². The van der Waals surface area contributed by atoms with Gasteiger partial charge in [-0.25, -0.2) is 0 Å². The number of nitrogens with zero attached hydrogens (tertiary/aromatic N) is 2. The van der Waals surface area contributed by atoms with E-state index in [9.17, 15) is 0 Å². The summed E-state index contributed by atoms with van der Waals surface area (Å²) < 4.78 is 6.20. The van der Waals surface area contributed by atoms with Crippen LogP contribution in [0.1, 0.15) is 0 Å². The number of para-hydroxylation sites is 1. The summed E-state index contributed by atoms with van der Waals surface area (Å²) >= 11 is 0. The van der Waals surface area contributed by atoms with Gasteiger partial charge in [-0.15, -0.1) is 0 Å². The average molecular weight is 489 g/mol. The minimum Gasteiger partial charge on any atom is -0.454 e. The lowest BCUT2D eigenvalue weighted by molar-refractivity contribution is 0.667. The van der Waals surface area contributed by atoms with Crippen molar-refractivity contribution < 1.29 is 4.42 Å². The van der Waals surface area contributed by atoms with Crippen molar-refractivity contribution in [2.75, 3.05) is 4.90 Å². The third-order valence-corrected chi connectivity index (χ3v) is 6.95. The molecule has 7 rings (SSSR count). The third-order valence-electron chi connectivity index (χ3n) is 6.95. The van der Waals surface area contributed by atoms with Gasteiger partial charge in [-0.05, 0) is 52.6 Å². The minimum atomic E-state index is 0.772. The number of anilines is 3. The van der Waals surface area contributed by atoms with E-state index in [0.29, 0.717) is 0 Å². The van der Waals surface area contributed by atoms with E-state index in [0.717, 1.165) is 44.6 Å². The molecular formula is C35H24N2O. The summed E-state index contributed by atoms with van der Waals surface area (Å²) in [7, 11) is 0. The van der Waals surface area contributed by atoms with Crippen molar-refractivity contribution in [3.05, 3.63) is 146 Å². The Bertz CT molecular complexity index is 1860. The van der Waals surface area contributed by atoms with Crippen LogP contribution in [-0.2, 0) is 0 Å². The predicted octanol–water partition coefficient (Wildman–Crippen LogP) is 9.78. The first-order valence-corrected chi connectivity index (χ1v) is 12.7. The van der Waals surface area contributed by atoms with Crippen LogP contribution in [-0.4, -0.2) is 4.98 Å². The van der Waals surface area contributed by atoms with Gasteiger partial charge in [0.05, 0.1) is 23.5 Å². The number of furan rings is 1. The molecule has 0 saturated heterocycles. The van der Waals surface area contributed by atoms with E-state index in [1.165, 1.54) is 16.7 Å².